The van der Waals surface area contributed by atoms with Crippen molar-refractivity contribution < 1.29 is 4.42 Å². The Morgan fingerprint density at radius 3 is 2.35 bits per heavy atom. The fourth-order valence-electron chi connectivity index (χ4n) is 2.41. The van der Waals surface area contributed by atoms with E-state index >= 15 is 0 Å². The van der Waals surface area contributed by atoms with Crippen LogP contribution in [0.1, 0.15) is 38.8 Å². The van der Waals surface area contributed by atoms with Crippen LogP contribution in [-0.2, 0) is 12.8 Å². The highest BCUT2D eigenvalue weighted by Gasteiger charge is 2.09. The van der Waals surface area contributed by atoms with Crippen molar-refractivity contribution in [3.63, 3.8) is 0 Å². The van der Waals surface area contributed by atoms with E-state index in [-0.39, 0.29) is 0 Å². The van der Waals surface area contributed by atoms with Gasteiger partial charge in [0.2, 0.25) is 0 Å². The summed E-state index contributed by atoms with van der Waals surface area (Å²) in [5, 5.41) is 1.25. The molecule has 0 radical (unpaired) electrons. The van der Waals surface area contributed by atoms with E-state index in [1.54, 1.807) is 6.26 Å². The van der Waals surface area contributed by atoms with Gasteiger partial charge in [-0.3, -0.25) is 0 Å². The molecule has 0 bridgehead atoms. The zero-order chi connectivity index (χ0) is 12.4. The van der Waals surface area contributed by atoms with Crippen molar-refractivity contribution in [3.8, 4) is 0 Å². The quantitative estimate of drug-likeness (QED) is 0.733. The van der Waals surface area contributed by atoms with E-state index in [4.69, 9.17) is 4.42 Å². The highest BCUT2D eigenvalue weighted by atomic mass is 16.3. The SMILES string of the molecule is CC(C)Cc1cc(CC(C)C)c2occc2c1. The molecule has 1 aromatic heterocycles. The zero-order valence-electron chi connectivity index (χ0n) is 11.3. The van der Waals surface area contributed by atoms with E-state index in [0.29, 0.717) is 11.8 Å². The lowest BCUT2D eigenvalue weighted by Gasteiger charge is -2.10. The molecule has 0 amide bonds. The first kappa shape index (κ1) is 12.2. The number of hydrogen-bond donors (Lipinski definition) is 0. The molecule has 2 aromatic rings. The maximum absolute atomic E-state index is 5.61. The Balaban J connectivity index is 2.43. The van der Waals surface area contributed by atoms with E-state index < -0.39 is 0 Å². The molecule has 0 aliphatic carbocycles. The lowest BCUT2D eigenvalue weighted by atomic mass is 9.95. The largest absolute Gasteiger partial charge is 0.464 e. The van der Waals surface area contributed by atoms with E-state index in [1.165, 1.54) is 16.5 Å². The molecule has 0 saturated heterocycles. The van der Waals surface area contributed by atoms with Crippen molar-refractivity contribution >= 4 is 11.0 Å². The summed E-state index contributed by atoms with van der Waals surface area (Å²) in [5.74, 6) is 1.36. The Morgan fingerprint density at radius 1 is 1.00 bits per heavy atom. The minimum Gasteiger partial charge on any atom is -0.464 e. The standard InChI is InChI=1S/C16H22O/c1-11(2)7-13-9-14-5-6-17-16(14)15(10-13)8-12(3)4/h5-6,9-12H,7-8H2,1-4H3. The van der Waals surface area contributed by atoms with Crippen molar-refractivity contribution in [2.45, 2.75) is 40.5 Å². The number of hydrogen-bond acceptors (Lipinski definition) is 1. The third kappa shape index (κ3) is 2.91. The van der Waals surface area contributed by atoms with E-state index in [0.717, 1.165) is 18.4 Å². The number of fused-ring (bicyclic) bond motifs is 1. The topological polar surface area (TPSA) is 13.1 Å². The summed E-state index contributed by atoms with van der Waals surface area (Å²) in [4.78, 5) is 0. The second-order valence-electron chi connectivity index (χ2n) is 5.79. The molecular formula is C16H22O. The van der Waals surface area contributed by atoms with Crippen LogP contribution in [0.3, 0.4) is 0 Å². The van der Waals surface area contributed by atoms with Crippen LogP contribution in [0, 0.1) is 11.8 Å². The average molecular weight is 230 g/mol. The maximum Gasteiger partial charge on any atom is 0.137 e. The molecular weight excluding hydrogens is 208 g/mol. The predicted octanol–water partition coefficient (Wildman–Crippen LogP) is 4.83. The Kier molecular flexibility index (Phi) is 3.56. The molecule has 0 saturated carbocycles. The third-order valence-electron chi connectivity index (χ3n) is 2.96. The van der Waals surface area contributed by atoms with Gasteiger partial charge in [0, 0.05) is 5.39 Å². The predicted molar refractivity (Wildman–Crippen MR) is 73.3 cm³/mol. The molecule has 0 aliphatic rings. The van der Waals surface area contributed by atoms with Crippen molar-refractivity contribution in [3.05, 3.63) is 35.6 Å². The van der Waals surface area contributed by atoms with Gasteiger partial charge in [-0.2, -0.15) is 0 Å². The number of rotatable bonds is 4. The van der Waals surface area contributed by atoms with Crippen LogP contribution in [0.25, 0.3) is 11.0 Å². The maximum atomic E-state index is 5.61. The summed E-state index contributed by atoms with van der Waals surface area (Å²) in [6.45, 7) is 9.04. The molecule has 1 heterocycles. The lowest BCUT2D eigenvalue weighted by Crippen LogP contribution is -1.99. The first-order valence-corrected chi connectivity index (χ1v) is 6.55. The molecule has 0 fully saturated rings. The molecule has 1 heteroatoms. The van der Waals surface area contributed by atoms with Gasteiger partial charge >= 0.3 is 0 Å². The van der Waals surface area contributed by atoms with Gasteiger partial charge in [-0.25, -0.2) is 0 Å². The minimum atomic E-state index is 0.664. The molecule has 2 rings (SSSR count). The van der Waals surface area contributed by atoms with Crippen molar-refractivity contribution in [2.24, 2.45) is 11.8 Å². The second kappa shape index (κ2) is 4.95. The van der Waals surface area contributed by atoms with Gasteiger partial charge in [0.05, 0.1) is 6.26 Å². The molecule has 1 nitrogen and oxygen atoms in total. The Morgan fingerprint density at radius 2 is 1.71 bits per heavy atom. The number of benzene rings is 1. The van der Waals surface area contributed by atoms with Gasteiger partial charge in [-0.1, -0.05) is 33.8 Å². The molecule has 92 valence electrons. The zero-order valence-corrected chi connectivity index (χ0v) is 11.3. The van der Waals surface area contributed by atoms with E-state index in [2.05, 4.69) is 45.9 Å². The van der Waals surface area contributed by atoms with Gasteiger partial charge < -0.3 is 4.42 Å². The third-order valence-corrected chi connectivity index (χ3v) is 2.96. The summed E-state index contributed by atoms with van der Waals surface area (Å²) in [7, 11) is 0. The summed E-state index contributed by atoms with van der Waals surface area (Å²) >= 11 is 0. The van der Waals surface area contributed by atoms with Crippen LogP contribution in [0.5, 0.6) is 0 Å². The summed E-state index contributed by atoms with van der Waals surface area (Å²) in [6, 6.07) is 6.66. The monoisotopic (exact) mass is 230 g/mol. The van der Waals surface area contributed by atoms with Gasteiger partial charge in [0.15, 0.2) is 0 Å². The highest BCUT2D eigenvalue weighted by Crippen LogP contribution is 2.25. The lowest BCUT2D eigenvalue weighted by molar-refractivity contribution is 0.593. The molecule has 0 atom stereocenters. The van der Waals surface area contributed by atoms with Gasteiger partial charge in [0.1, 0.15) is 5.58 Å². The van der Waals surface area contributed by atoms with E-state index in [1.807, 2.05) is 0 Å². The Labute approximate surface area is 104 Å². The van der Waals surface area contributed by atoms with Crippen LogP contribution in [-0.4, -0.2) is 0 Å². The highest BCUT2D eigenvalue weighted by molar-refractivity contribution is 5.81. The summed E-state index contributed by atoms with van der Waals surface area (Å²) in [5.41, 5.74) is 3.87. The van der Waals surface area contributed by atoms with Crippen LogP contribution >= 0.6 is 0 Å². The van der Waals surface area contributed by atoms with Gasteiger partial charge in [-0.05, 0) is 47.9 Å². The fraction of sp³-hybridized carbons (Fsp3) is 0.500. The van der Waals surface area contributed by atoms with Crippen LogP contribution < -0.4 is 0 Å². The molecule has 1 aromatic carbocycles. The van der Waals surface area contributed by atoms with Crippen molar-refractivity contribution in [2.75, 3.05) is 0 Å². The van der Waals surface area contributed by atoms with Crippen LogP contribution in [0.2, 0.25) is 0 Å². The first-order chi connectivity index (χ1) is 8.06. The molecule has 0 aliphatic heterocycles. The van der Waals surface area contributed by atoms with E-state index in [9.17, 15) is 0 Å². The smallest absolute Gasteiger partial charge is 0.137 e. The number of furan rings is 1. The van der Waals surface area contributed by atoms with Gasteiger partial charge in [0.25, 0.3) is 0 Å². The van der Waals surface area contributed by atoms with Gasteiger partial charge in [-0.15, -0.1) is 0 Å². The van der Waals surface area contributed by atoms with Crippen LogP contribution in [0.15, 0.2) is 28.9 Å². The first-order valence-electron chi connectivity index (χ1n) is 6.55. The average Bonchev–Trinajstić information content (AvgIpc) is 2.63. The summed E-state index contributed by atoms with van der Waals surface area (Å²) < 4.78 is 5.61. The summed E-state index contributed by atoms with van der Waals surface area (Å²) in [6.07, 6.45) is 4.04. The fourth-order valence-corrected chi connectivity index (χ4v) is 2.41. The molecule has 0 unspecified atom stereocenters. The van der Waals surface area contributed by atoms with Crippen molar-refractivity contribution in [1.29, 1.82) is 0 Å². The van der Waals surface area contributed by atoms with Crippen LogP contribution in [0.4, 0.5) is 0 Å². The Bertz CT molecular complexity index is 491. The Hall–Kier alpha value is -1.24. The van der Waals surface area contributed by atoms with Crippen molar-refractivity contribution in [1.82, 2.24) is 0 Å². The minimum absolute atomic E-state index is 0.664. The second-order valence-corrected chi connectivity index (χ2v) is 5.79. The molecule has 0 N–H and O–H groups in total. The normalized spacial score (nSPS) is 11.9. The molecule has 17 heavy (non-hydrogen) atoms. The molecule has 0 spiro atoms.